The number of amides is 1. The van der Waals surface area contributed by atoms with Crippen LogP contribution in [0.5, 0.6) is 0 Å². The number of carbonyl (C=O) groups excluding carboxylic acids is 1. The van der Waals surface area contributed by atoms with Gasteiger partial charge in [0, 0.05) is 10.0 Å². The van der Waals surface area contributed by atoms with Crippen molar-refractivity contribution in [3.63, 3.8) is 0 Å². The Morgan fingerprint density at radius 3 is 2.65 bits per heavy atom. The molecule has 0 aliphatic heterocycles. The molecule has 8 heteroatoms. The van der Waals surface area contributed by atoms with Crippen molar-refractivity contribution in [2.45, 2.75) is 25.9 Å². The first-order valence-electron chi connectivity index (χ1n) is 8.14. The van der Waals surface area contributed by atoms with Gasteiger partial charge in [-0.1, -0.05) is 58.7 Å². The first-order valence-corrected chi connectivity index (χ1v) is 9.31. The van der Waals surface area contributed by atoms with Crippen molar-refractivity contribution >= 4 is 33.4 Å². The van der Waals surface area contributed by atoms with Crippen LogP contribution < -0.4 is 5.32 Å². The van der Waals surface area contributed by atoms with Gasteiger partial charge in [-0.05, 0) is 41.5 Å². The topological polar surface area (TPSA) is 72.7 Å². The third-order valence-corrected chi connectivity index (χ3v) is 4.73. The Labute approximate surface area is 164 Å². The molecule has 1 aromatic heterocycles. The molecule has 0 aliphatic rings. The summed E-state index contributed by atoms with van der Waals surface area (Å²) in [6.07, 6.45) is 0.781. The highest BCUT2D eigenvalue weighted by Crippen LogP contribution is 2.23. The van der Waals surface area contributed by atoms with E-state index in [1.165, 1.54) is 4.80 Å². The highest BCUT2D eigenvalue weighted by molar-refractivity contribution is 9.10. The van der Waals surface area contributed by atoms with E-state index in [9.17, 15) is 4.79 Å². The zero-order valence-electron chi connectivity index (χ0n) is 14.1. The number of rotatable bonds is 6. The Morgan fingerprint density at radius 2 is 1.96 bits per heavy atom. The lowest BCUT2D eigenvalue weighted by Crippen LogP contribution is -2.32. The summed E-state index contributed by atoms with van der Waals surface area (Å²) >= 11 is 9.56. The second kappa shape index (κ2) is 8.42. The largest absolute Gasteiger partial charge is 0.348 e. The van der Waals surface area contributed by atoms with E-state index in [2.05, 4.69) is 36.7 Å². The van der Waals surface area contributed by atoms with E-state index in [1.54, 1.807) is 6.07 Å². The van der Waals surface area contributed by atoms with Gasteiger partial charge in [-0.3, -0.25) is 4.79 Å². The first kappa shape index (κ1) is 18.5. The predicted molar refractivity (Wildman–Crippen MR) is 104 cm³/mol. The minimum absolute atomic E-state index is 0.00944. The number of hydrogen-bond acceptors (Lipinski definition) is 4. The molecule has 0 aliphatic carbocycles. The van der Waals surface area contributed by atoms with E-state index in [1.807, 2.05) is 49.4 Å². The van der Waals surface area contributed by atoms with E-state index in [0.29, 0.717) is 16.4 Å². The van der Waals surface area contributed by atoms with Gasteiger partial charge >= 0.3 is 0 Å². The standard InChI is InChI=1S/C18H17BrClN5O/c1-2-16(12-7-9-13(19)10-8-12)21-17(26)11-25-23-18(22-24-25)14-5-3-4-6-15(14)20/h3-10,16H,2,11H2,1H3,(H,21,26)/t16-/m0/s1. The Morgan fingerprint density at radius 1 is 1.23 bits per heavy atom. The van der Waals surface area contributed by atoms with Crippen molar-refractivity contribution in [2.24, 2.45) is 0 Å². The molecule has 0 radical (unpaired) electrons. The molecular weight excluding hydrogens is 418 g/mol. The number of tetrazole rings is 1. The number of benzene rings is 2. The fraction of sp³-hybridized carbons (Fsp3) is 0.222. The Bertz CT molecular complexity index is 897. The molecule has 0 bridgehead atoms. The average Bonchev–Trinajstić information content (AvgIpc) is 3.09. The van der Waals surface area contributed by atoms with Crippen LogP contribution in [0.1, 0.15) is 24.9 Å². The van der Waals surface area contributed by atoms with E-state index < -0.39 is 0 Å². The molecule has 3 aromatic rings. The quantitative estimate of drug-likeness (QED) is 0.636. The van der Waals surface area contributed by atoms with Gasteiger partial charge in [0.15, 0.2) is 0 Å². The van der Waals surface area contributed by atoms with Crippen LogP contribution in [0, 0.1) is 0 Å². The summed E-state index contributed by atoms with van der Waals surface area (Å²) in [6.45, 7) is 2.01. The van der Waals surface area contributed by atoms with Gasteiger partial charge in [0.25, 0.3) is 0 Å². The smallest absolute Gasteiger partial charge is 0.244 e. The second-order valence-corrected chi connectivity index (χ2v) is 7.03. The molecule has 0 fully saturated rings. The minimum atomic E-state index is -0.178. The van der Waals surface area contributed by atoms with Gasteiger partial charge in [-0.15, -0.1) is 10.2 Å². The first-order chi connectivity index (χ1) is 12.6. The molecular formula is C18H17BrClN5O. The molecule has 3 rings (SSSR count). The molecule has 1 amide bonds. The summed E-state index contributed by atoms with van der Waals surface area (Å²) in [4.78, 5) is 13.6. The van der Waals surface area contributed by atoms with Crippen molar-refractivity contribution in [3.8, 4) is 11.4 Å². The summed E-state index contributed by atoms with van der Waals surface area (Å²) in [5.41, 5.74) is 1.73. The monoisotopic (exact) mass is 433 g/mol. The predicted octanol–water partition coefficient (Wildman–Crippen LogP) is 4.02. The van der Waals surface area contributed by atoms with Crippen molar-refractivity contribution in [1.29, 1.82) is 0 Å². The normalized spacial score (nSPS) is 12.0. The van der Waals surface area contributed by atoms with E-state index in [-0.39, 0.29) is 18.5 Å². The minimum Gasteiger partial charge on any atom is -0.348 e. The summed E-state index contributed by atoms with van der Waals surface area (Å²) in [5, 5.41) is 15.7. The lowest BCUT2D eigenvalue weighted by atomic mass is 10.0. The third-order valence-electron chi connectivity index (χ3n) is 3.87. The van der Waals surface area contributed by atoms with Gasteiger partial charge in [0.1, 0.15) is 6.54 Å². The highest BCUT2D eigenvalue weighted by atomic mass is 79.9. The van der Waals surface area contributed by atoms with Gasteiger partial charge in [-0.2, -0.15) is 4.80 Å². The highest BCUT2D eigenvalue weighted by Gasteiger charge is 2.15. The summed E-state index contributed by atoms with van der Waals surface area (Å²) in [6, 6.07) is 15.1. The summed E-state index contributed by atoms with van der Waals surface area (Å²) in [5.74, 6) is 0.214. The van der Waals surface area contributed by atoms with E-state index >= 15 is 0 Å². The van der Waals surface area contributed by atoms with Crippen LogP contribution in [0.25, 0.3) is 11.4 Å². The number of halogens is 2. The number of nitrogens with one attached hydrogen (secondary N) is 1. The fourth-order valence-corrected chi connectivity index (χ4v) is 3.03. The van der Waals surface area contributed by atoms with Crippen LogP contribution >= 0.6 is 27.5 Å². The maximum absolute atomic E-state index is 12.4. The lowest BCUT2D eigenvalue weighted by molar-refractivity contribution is -0.122. The van der Waals surface area contributed by atoms with Crippen LogP contribution in [0.3, 0.4) is 0 Å². The molecule has 1 atom stereocenters. The Hall–Kier alpha value is -2.25. The van der Waals surface area contributed by atoms with Crippen molar-refractivity contribution in [2.75, 3.05) is 0 Å². The van der Waals surface area contributed by atoms with E-state index in [4.69, 9.17) is 11.6 Å². The molecule has 0 spiro atoms. The maximum Gasteiger partial charge on any atom is 0.244 e. The number of hydrogen-bond donors (Lipinski definition) is 1. The maximum atomic E-state index is 12.4. The Balaban J connectivity index is 1.66. The van der Waals surface area contributed by atoms with Gasteiger partial charge in [0.2, 0.25) is 11.7 Å². The molecule has 1 N–H and O–H groups in total. The molecule has 1 heterocycles. The molecule has 6 nitrogen and oxygen atoms in total. The SMILES string of the molecule is CC[C@H](NC(=O)Cn1nnc(-c2ccccc2Cl)n1)c1ccc(Br)cc1. The third kappa shape index (κ3) is 4.47. The fourth-order valence-electron chi connectivity index (χ4n) is 2.55. The average molecular weight is 435 g/mol. The number of carbonyl (C=O) groups is 1. The molecule has 0 unspecified atom stereocenters. The molecule has 0 saturated carbocycles. The Kier molecular flexibility index (Phi) is 6.00. The number of nitrogens with zero attached hydrogens (tertiary/aromatic N) is 4. The van der Waals surface area contributed by atoms with E-state index in [0.717, 1.165) is 16.5 Å². The van der Waals surface area contributed by atoms with Crippen LogP contribution in [0.4, 0.5) is 0 Å². The molecule has 134 valence electrons. The van der Waals surface area contributed by atoms with Crippen molar-refractivity contribution in [1.82, 2.24) is 25.5 Å². The van der Waals surface area contributed by atoms with Crippen LogP contribution in [0.2, 0.25) is 5.02 Å². The van der Waals surface area contributed by atoms with Crippen molar-refractivity contribution in [3.05, 3.63) is 63.6 Å². The zero-order chi connectivity index (χ0) is 18.5. The van der Waals surface area contributed by atoms with Gasteiger partial charge in [-0.25, -0.2) is 0 Å². The summed E-state index contributed by atoms with van der Waals surface area (Å²) < 4.78 is 1.00. The molecule has 2 aromatic carbocycles. The number of aromatic nitrogens is 4. The van der Waals surface area contributed by atoms with Crippen LogP contribution in [0.15, 0.2) is 53.0 Å². The second-order valence-electron chi connectivity index (χ2n) is 5.70. The van der Waals surface area contributed by atoms with Crippen LogP contribution in [-0.2, 0) is 11.3 Å². The lowest BCUT2D eigenvalue weighted by Gasteiger charge is -2.17. The van der Waals surface area contributed by atoms with Gasteiger partial charge in [0.05, 0.1) is 11.1 Å². The molecule has 26 heavy (non-hydrogen) atoms. The van der Waals surface area contributed by atoms with Crippen LogP contribution in [-0.4, -0.2) is 26.1 Å². The zero-order valence-corrected chi connectivity index (χ0v) is 16.4. The van der Waals surface area contributed by atoms with Gasteiger partial charge < -0.3 is 5.32 Å². The van der Waals surface area contributed by atoms with Crippen molar-refractivity contribution < 1.29 is 4.79 Å². The summed E-state index contributed by atoms with van der Waals surface area (Å²) in [7, 11) is 0. The molecule has 0 saturated heterocycles.